The number of benzene rings is 3. The molecule has 0 bridgehead atoms. The van der Waals surface area contributed by atoms with Crippen LogP contribution in [-0.4, -0.2) is 42.8 Å². The third-order valence-electron chi connectivity index (χ3n) is 8.08. The van der Waals surface area contributed by atoms with Gasteiger partial charge in [0.05, 0.1) is 5.92 Å². The molecule has 0 heterocycles. The maximum atomic E-state index is 14.0. The Hall–Kier alpha value is -4.53. The second kappa shape index (κ2) is 15.1. The van der Waals surface area contributed by atoms with Gasteiger partial charge in [-0.2, -0.15) is 0 Å². The smallest absolute Gasteiger partial charge is 0.248 e. The number of hydrogen-bond donors (Lipinski definition) is 4. The summed E-state index contributed by atoms with van der Waals surface area (Å²) < 4.78 is 13.9. The quantitative estimate of drug-likeness (QED) is 0.257. The Kier molecular flexibility index (Phi) is 11.0. The molecule has 1 aliphatic rings. The van der Waals surface area contributed by atoms with Gasteiger partial charge in [-0.1, -0.05) is 73.9 Å². The van der Waals surface area contributed by atoms with Crippen molar-refractivity contribution in [3.05, 3.63) is 107 Å². The summed E-state index contributed by atoms with van der Waals surface area (Å²) in [6, 6.07) is 19.9. The molecule has 3 atom stereocenters. The van der Waals surface area contributed by atoms with E-state index in [1.807, 2.05) is 30.3 Å². The van der Waals surface area contributed by atoms with Gasteiger partial charge in [-0.05, 0) is 59.7 Å². The largest absolute Gasteiger partial charge is 0.366 e. The van der Waals surface area contributed by atoms with Gasteiger partial charge in [0.25, 0.3) is 0 Å². The van der Waals surface area contributed by atoms with Gasteiger partial charge in [-0.3, -0.25) is 19.2 Å². The zero-order chi connectivity index (χ0) is 30.8. The molecule has 1 saturated carbocycles. The van der Waals surface area contributed by atoms with Crippen molar-refractivity contribution >= 4 is 23.6 Å². The van der Waals surface area contributed by atoms with Crippen LogP contribution in [0.15, 0.2) is 78.9 Å². The highest BCUT2D eigenvalue weighted by atomic mass is 19.1. The van der Waals surface area contributed by atoms with E-state index < -0.39 is 41.5 Å². The van der Waals surface area contributed by atoms with Gasteiger partial charge in [0, 0.05) is 25.5 Å². The van der Waals surface area contributed by atoms with Gasteiger partial charge in [0.2, 0.25) is 23.6 Å². The SMILES string of the molecule is CNC(=O)[C@H](Cc1cccc(F)c1)NC(=O)[C@H](Cc1ccc(C(N)=O)cc1)NC(=O)C(c1ccccc1)C1CCCCC1. The number of likely N-dealkylation sites (N-methyl/N-ethyl adjacent to an activating group) is 1. The van der Waals surface area contributed by atoms with E-state index in [0.717, 1.165) is 37.7 Å². The minimum absolute atomic E-state index is 0.0614. The molecule has 0 aromatic heterocycles. The van der Waals surface area contributed by atoms with Crippen LogP contribution in [0, 0.1) is 11.7 Å². The van der Waals surface area contributed by atoms with Gasteiger partial charge in [0.1, 0.15) is 17.9 Å². The molecule has 4 amide bonds. The number of halogens is 1. The molecule has 4 rings (SSSR count). The number of carbonyl (C=O) groups is 4. The van der Waals surface area contributed by atoms with Crippen LogP contribution in [0.2, 0.25) is 0 Å². The number of carbonyl (C=O) groups excluding carboxylic acids is 4. The van der Waals surface area contributed by atoms with Crippen LogP contribution in [0.1, 0.15) is 65.1 Å². The number of nitrogens with two attached hydrogens (primary N) is 1. The Balaban J connectivity index is 1.61. The van der Waals surface area contributed by atoms with Crippen LogP contribution in [-0.2, 0) is 27.2 Å². The second-order valence-electron chi connectivity index (χ2n) is 11.1. The number of nitrogens with one attached hydrogen (secondary N) is 3. The summed E-state index contributed by atoms with van der Waals surface area (Å²) in [4.78, 5) is 52.2. The van der Waals surface area contributed by atoms with Crippen molar-refractivity contribution in [2.45, 2.75) is 62.9 Å². The fraction of sp³-hybridized carbons (Fsp3) is 0.353. The number of amides is 4. The minimum atomic E-state index is -1.03. The van der Waals surface area contributed by atoms with Crippen molar-refractivity contribution in [2.75, 3.05) is 7.05 Å². The molecule has 1 fully saturated rings. The van der Waals surface area contributed by atoms with Gasteiger partial charge in [-0.25, -0.2) is 4.39 Å². The van der Waals surface area contributed by atoms with E-state index in [0.29, 0.717) is 16.7 Å². The average molecular weight is 587 g/mol. The summed E-state index contributed by atoms with van der Waals surface area (Å²) >= 11 is 0. The highest BCUT2D eigenvalue weighted by Crippen LogP contribution is 2.36. The van der Waals surface area contributed by atoms with Crippen molar-refractivity contribution in [2.24, 2.45) is 11.7 Å². The van der Waals surface area contributed by atoms with Crippen LogP contribution in [0.5, 0.6) is 0 Å². The van der Waals surface area contributed by atoms with Crippen molar-refractivity contribution in [1.29, 1.82) is 0 Å². The highest BCUT2D eigenvalue weighted by molar-refractivity contribution is 5.94. The normalized spacial score (nSPS) is 15.5. The Morgan fingerprint density at radius 2 is 1.40 bits per heavy atom. The molecule has 0 spiro atoms. The summed E-state index contributed by atoms with van der Waals surface area (Å²) in [6.45, 7) is 0. The van der Waals surface area contributed by atoms with Gasteiger partial charge in [-0.15, -0.1) is 0 Å². The molecular weight excluding hydrogens is 547 g/mol. The van der Waals surface area contributed by atoms with E-state index in [-0.39, 0.29) is 24.7 Å². The molecule has 8 nitrogen and oxygen atoms in total. The molecule has 3 aromatic rings. The molecule has 0 aliphatic heterocycles. The molecule has 1 aliphatic carbocycles. The monoisotopic (exact) mass is 586 g/mol. The number of hydrogen-bond acceptors (Lipinski definition) is 4. The lowest BCUT2D eigenvalue weighted by Crippen LogP contribution is -2.55. The lowest BCUT2D eigenvalue weighted by atomic mass is 9.76. The van der Waals surface area contributed by atoms with Crippen LogP contribution in [0.4, 0.5) is 4.39 Å². The van der Waals surface area contributed by atoms with E-state index in [1.54, 1.807) is 36.4 Å². The zero-order valence-corrected chi connectivity index (χ0v) is 24.4. The highest BCUT2D eigenvalue weighted by Gasteiger charge is 2.34. The maximum absolute atomic E-state index is 14.0. The van der Waals surface area contributed by atoms with Gasteiger partial charge >= 0.3 is 0 Å². The second-order valence-corrected chi connectivity index (χ2v) is 11.1. The van der Waals surface area contributed by atoms with Gasteiger partial charge in [0.15, 0.2) is 0 Å². The summed E-state index contributed by atoms with van der Waals surface area (Å²) in [6.07, 6.45) is 5.25. The van der Waals surface area contributed by atoms with E-state index in [2.05, 4.69) is 16.0 Å². The Labute approximate surface area is 251 Å². The van der Waals surface area contributed by atoms with Crippen molar-refractivity contribution in [1.82, 2.24) is 16.0 Å². The fourth-order valence-electron chi connectivity index (χ4n) is 5.83. The number of primary amides is 1. The molecule has 1 unspecified atom stereocenters. The minimum Gasteiger partial charge on any atom is -0.366 e. The molecule has 5 N–H and O–H groups in total. The number of rotatable bonds is 12. The van der Waals surface area contributed by atoms with Crippen LogP contribution < -0.4 is 21.7 Å². The topological polar surface area (TPSA) is 130 Å². The Morgan fingerprint density at radius 1 is 0.767 bits per heavy atom. The first-order valence-corrected chi connectivity index (χ1v) is 14.8. The zero-order valence-electron chi connectivity index (χ0n) is 24.4. The standard InChI is InChI=1S/C34H39FN4O4/c1-37-32(41)28(21-23-9-8-14-27(35)19-23)38-33(42)29(20-22-15-17-26(18-16-22)31(36)40)39-34(43)30(24-10-4-2-5-11-24)25-12-6-3-7-13-25/h2,4-5,8-11,14-19,25,28-30H,3,6-7,12-13,20-21H2,1H3,(H2,36,40)(H,37,41)(H,38,42)(H,39,43)/t28-,29-,30?/m0/s1. The van der Waals surface area contributed by atoms with Crippen LogP contribution in [0.25, 0.3) is 0 Å². The summed E-state index contributed by atoms with van der Waals surface area (Å²) in [5.74, 6) is -2.56. The Bertz CT molecular complexity index is 1410. The van der Waals surface area contributed by atoms with E-state index in [4.69, 9.17) is 5.73 Å². The summed E-state index contributed by atoms with van der Waals surface area (Å²) in [7, 11) is 1.46. The van der Waals surface area contributed by atoms with Gasteiger partial charge < -0.3 is 21.7 Å². The van der Waals surface area contributed by atoms with Crippen molar-refractivity contribution in [3.8, 4) is 0 Å². The summed E-state index contributed by atoms with van der Waals surface area (Å²) in [5, 5.41) is 8.34. The first-order chi connectivity index (χ1) is 20.7. The molecule has 0 saturated heterocycles. The molecule has 0 radical (unpaired) electrons. The third kappa shape index (κ3) is 8.73. The average Bonchev–Trinajstić information content (AvgIpc) is 3.01. The first-order valence-electron chi connectivity index (χ1n) is 14.8. The lowest BCUT2D eigenvalue weighted by Gasteiger charge is -2.31. The lowest BCUT2D eigenvalue weighted by molar-refractivity contribution is -0.132. The fourth-order valence-corrected chi connectivity index (χ4v) is 5.83. The molecule has 3 aromatic carbocycles. The predicted molar refractivity (Wildman–Crippen MR) is 162 cm³/mol. The molecule has 226 valence electrons. The van der Waals surface area contributed by atoms with Crippen LogP contribution >= 0.6 is 0 Å². The predicted octanol–water partition coefficient (Wildman–Crippen LogP) is 3.79. The molecule has 43 heavy (non-hydrogen) atoms. The first kappa shape index (κ1) is 31.4. The third-order valence-corrected chi connectivity index (χ3v) is 8.08. The molecule has 9 heteroatoms. The Morgan fingerprint density at radius 3 is 2.02 bits per heavy atom. The van der Waals surface area contributed by atoms with Crippen molar-refractivity contribution in [3.63, 3.8) is 0 Å². The molecular formula is C34H39FN4O4. The van der Waals surface area contributed by atoms with E-state index in [9.17, 15) is 23.6 Å². The van der Waals surface area contributed by atoms with E-state index >= 15 is 0 Å². The van der Waals surface area contributed by atoms with E-state index in [1.165, 1.54) is 19.2 Å². The maximum Gasteiger partial charge on any atom is 0.248 e. The van der Waals surface area contributed by atoms with Crippen LogP contribution in [0.3, 0.4) is 0 Å². The van der Waals surface area contributed by atoms with Crippen molar-refractivity contribution < 1.29 is 23.6 Å². The summed E-state index contributed by atoms with van der Waals surface area (Å²) in [5.41, 5.74) is 7.84.